The molecule has 1 aromatic carbocycles. The van der Waals surface area contributed by atoms with Gasteiger partial charge in [-0.15, -0.1) is 0 Å². The molecule has 1 amide bonds. The van der Waals surface area contributed by atoms with Gasteiger partial charge in [-0.25, -0.2) is 4.79 Å². The molecule has 0 bridgehead atoms. The van der Waals surface area contributed by atoms with Crippen molar-refractivity contribution in [3.63, 3.8) is 0 Å². The van der Waals surface area contributed by atoms with Gasteiger partial charge >= 0.3 is 6.09 Å². The third kappa shape index (κ3) is 2.98. The molecule has 19 heavy (non-hydrogen) atoms. The fourth-order valence-electron chi connectivity index (χ4n) is 2.17. The van der Waals surface area contributed by atoms with Gasteiger partial charge in [0.25, 0.3) is 0 Å². The van der Waals surface area contributed by atoms with E-state index in [1.165, 1.54) is 5.56 Å². The van der Waals surface area contributed by atoms with E-state index in [0.717, 1.165) is 23.2 Å². The highest BCUT2D eigenvalue weighted by Crippen LogP contribution is 2.31. The summed E-state index contributed by atoms with van der Waals surface area (Å²) in [5, 5.41) is 0. The van der Waals surface area contributed by atoms with Gasteiger partial charge in [0.05, 0.1) is 5.69 Å². The number of anilines is 1. The van der Waals surface area contributed by atoms with Crippen molar-refractivity contribution in [2.75, 3.05) is 11.4 Å². The molecule has 102 valence electrons. The Hall–Kier alpha value is -1.77. The number of ether oxygens (including phenoxy) is 1. The van der Waals surface area contributed by atoms with Crippen LogP contribution in [0.25, 0.3) is 5.57 Å². The summed E-state index contributed by atoms with van der Waals surface area (Å²) in [5.41, 5.74) is 3.85. The third-order valence-electron chi connectivity index (χ3n) is 3.08. The topological polar surface area (TPSA) is 29.5 Å². The fourth-order valence-corrected chi connectivity index (χ4v) is 2.17. The van der Waals surface area contributed by atoms with Gasteiger partial charge in [-0.05, 0) is 57.4 Å². The second-order valence-electron chi connectivity index (χ2n) is 6.01. The molecule has 0 spiro atoms. The highest BCUT2D eigenvalue weighted by Gasteiger charge is 2.28. The first-order valence-corrected chi connectivity index (χ1v) is 6.57. The standard InChI is InChI=1S/C16H21NO2/c1-11(2)12-6-7-14-13(10-12)8-9-17(14)15(18)19-16(3,4)5/h6-7,10H,1,8-9H2,2-5H3. The summed E-state index contributed by atoms with van der Waals surface area (Å²) in [5.74, 6) is 0. The van der Waals surface area contributed by atoms with Crippen molar-refractivity contribution in [2.24, 2.45) is 0 Å². The first-order valence-electron chi connectivity index (χ1n) is 6.57. The van der Waals surface area contributed by atoms with Crippen molar-refractivity contribution in [2.45, 2.75) is 39.7 Å². The summed E-state index contributed by atoms with van der Waals surface area (Å²) in [6.07, 6.45) is 0.602. The van der Waals surface area contributed by atoms with Crippen LogP contribution >= 0.6 is 0 Å². The molecule has 1 aliphatic heterocycles. The lowest BCUT2D eigenvalue weighted by atomic mass is 10.0. The van der Waals surface area contributed by atoms with Crippen molar-refractivity contribution in [3.8, 4) is 0 Å². The molecule has 0 saturated carbocycles. The minimum absolute atomic E-state index is 0.269. The Balaban J connectivity index is 2.23. The molecule has 3 heteroatoms. The van der Waals surface area contributed by atoms with Crippen molar-refractivity contribution in [1.29, 1.82) is 0 Å². The maximum Gasteiger partial charge on any atom is 0.414 e. The van der Waals surface area contributed by atoms with Crippen molar-refractivity contribution >= 4 is 17.4 Å². The Morgan fingerprint density at radius 2 is 2.05 bits per heavy atom. The Morgan fingerprint density at radius 3 is 2.63 bits per heavy atom. The molecule has 0 saturated heterocycles. The largest absolute Gasteiger partial charge is 0.443 e. The number of fused-ring (bicyclic) bond motifs is 1. The molecule has 0 unspecified atom stereocenters. The lowest BCUT2D eigenvalue weighted by Gasteiger charge is -2.24. The van der Waals surface area contributed by atoms with E-state index >= 15 is 0 Å². The van der Waals surface area contributed by atoms with Crippen LogP contribution in [0, 0.1) is 0 Å². The van der Waals surface area contributed by atoms with Crippen molar-refractivity contribution < 1.29 is 9.53 Å². The molecule has 1 heterocycles. The van der Waals surface area contributed by atoms with E-state index in [1.54, 1.807) is 4.90 Å². The number of carbonyl (C=O) groups excluding carboxylic acids is 1. The highest BCUT2D eigenvalue weighted by atomic mass is 16.6. The molecular weight excluding hydrogens is 238 g/mol. The molecular formula is C16H21NO2. The first-order chi connectivity index (χ1) is 8.78. The van der Waals surface area contributed by atoms with Crippen molar-refractivity contribution in [1.82, 2.24) is 0 Å². The van der Waals surface area contributed by atoms with E-state index in [9.17, 15) is 4.79 Å². The Morgan fingerprint density at radius 1 is 1.37 bits per heavy atom. The maximum absolute atomic E-state index is 12.1. The Bertz CT molecular complexity index is 526. The second-order valence-corrected chi connectivity index (χ2v) is 6.01. The van der Waals surface area contributed by atoms with E-state index < -0.39 is 5.60 Å². The van der Waals surface area contributed by atoms with E-state index in [2.05, 4.69) is 12.6 Å². The van der Waals surface area contributed by atoms with Crippen LogP contribution in [0.5, 0.6) is 0 Å². The average Bonchev–Trinajstić information content (AvgIpc) is 2.68. The van der Waals surface area contributed by atoms with E-state index in [-0.39, 0.29) is 6.09 Å². The molecule has 0 N–H and O–H groups in total. The van der Waals surface area contributed by atoms with Gasteiger partial charge in [0, 0.05) is 6.54 Å². The molecule has 0 atom stereocenters. The van der Waals surface area contributed by atoms with Crippen LogP contribution in [-0.2, 0) is 11.2 Å². The van der Waals surface area contributed by atoms with Crippen LogP contribution in [0.4, 0.5) is 10.5 Å². The van der Waals surface area contributed by atoms with Gasteiger partial charge in [0.15, 0.2) is 0 Å². The van der Waals surface area contributed by atoms with Gasteiger partial charge in [-0.2, -0.15) is 0 Å². The average molecular weight is 259 g/mol. The maximum atomic E-state index is 12.1. The minimum atomic E-state index is -0.461. The predicted octanol–water partition coefficient (Wildman–Crippen LogP) is 4.02. The van der Waals surface area contributed by atoms with Crippen molar-refractivity contribution in [3.05, 3.63) is 35.9 Å². The van der Waals surface area contributed by atoms with Gasteiger partial charge in [-0.1, -0.05) is 18.2 Å². The number of benzene rings is 1. The van der Waals surface area contributed by atoms with Crippen LogP contribution in [0.1, 0.15) is 38.8 Å². The fraction of sp³-hybridized carbons (Fsp3) is 0.438. The summed E-state index contributed by atoms with van der Waals surface area (Å²) in [6, 6.07) is 6.10. The number of amides is 1. The summed E-state index contributed by atoms with van der Waals surface area (Å²) in [7, 11) is 0. The second kappa shape index (κ2) is 4.72. The molecule has 0 radical (unpaired) electrons. The molecule has 1 aromatic rings. The van der Waals surface area contributed by atoms with E-state index in [4.69, 9.17) is 4.74 Å². The number of rotatable bonds is 1. The highest BCUT2D eigenvalue weighted by molar-refractivity contribution is 5.91. The lowest BCUT2D eigenvalue weighted by molar-refractivity contribution is 0.0584. The van der Waals surface area contributed by atoms with E-state index in [0.29, 0.717) is 6.54 Å². The number of hydrogen-bond acceptors (Lipinski definition) is 2. The van der Waals surface area contributed by atoms with Crippen LogP contribution in [0.2, 0.25) is 0 Å². The predicted molar refractivity (Wildman–Crippen MR) is 78.4 cm³/mol. The molecule has 2 rings (SSSR count). The van der Waals surface area contributed by atoms with Gasteiger partial charge in [-0.3, -0.25) is 4.90 Å². The molecule has 1 aliphatic rings. The SMILES string of the molecule is C=C(C)c1ccc2c(c1)CCN2C(=O)OC(C)(C)C. The first kappa shape index (κ1) is 13.7. The number of allylic oxidation sites excluding steroid dienone is 1. The zero-order valence-electron chi connectivity index (χ0n) is 12.1. The Labute approximate surface area is 114 Å². The summed E-state index contributed by atoms with van der Waals surface area (Å²) in [6.45, 7) is 12.3. The summed E-state index contributed by atoms with van der Waals surface area (Å²) < 4.78 is 5.43. The normalized spacial score (nSPS) is 14.2. The van der Waals surface area contributed by atoms with Crippen LogP contribution < -0.4 is 4.90 Å². The van der Waals surface area contributed by atoms with Gasteiger partial charge in [0.2, 0.25) is 0 Å². The minimum Gasteiger partial charge on any atom is -0.443 e. The van der Waals surface area contributed by atoms with E-state index in [1.807, 2.05) is 39.8 Å². The number of nitrogens with zero attached hydrogens (tertiary/aromatic N) is 1. The molecule has 0 aromatic heterocycles. The lowest BCUT2D eigenvalue weighted by Crippen LogP contribution is -2.35. The van der Waals surface area contributed by atoms with Gasteiger partial charge < -0.3 is 4.74 Å². The monoisotopic (exact) mass is 259 g/mol. The zero-order chi connectivity index (χ0) is 14.2. The van der Waals surface area contributed by atoms with Gasteiger partial charge in [0.1, 0.15) is 5.60 Å². The molecule has 3 nitrogen and oxygen atoms in total. The van der Waals surface area contributed by atoms with Crippen LogP contribution in [0.3, 0.4) is 0 Å². The third-order valence-corrected chi connectivity index (χ3v) is 3.08. The van der Waals surface area contributed by atoms with Crippen LogP contribution in [-0.4, -0.2) is 18.2 Å². The number of hydrogen-bond donors (Lipinski definition) is 0. The quantitative estimate of drug-likeness (QED) is 0.762. The number of carbonyl (C=O) groups is 1. The summed E-state index contributed by atoms with van der Waals surface area (Å²) in [4.78, 5) is 13.8. The Kier molecular flexibility index (Phi) is 3.40. The smallest absolute Gasteiger partial charge is 0.414 e. The van der Waals surface area contributed by atoms with Crippen LogP contribution in [0.15, 0.2) is 24.8 Å². The molecule has 0 fully saturated rings. The molecule has 0 aliphatic carbocycles. The summed E-state index contributed by atoms with van der Waals surface area (Å²) >= 11 is 0. The zero-order valence-corrected chi connectivity index (χ0v) is 12.1.